The van der Waals surface area contributed by atoms with Crippen molar-refractivity contribution >= 4 is 69.6 Å². The van der Waals surface area contributed by atoms with Gasteiger partial charge in [-0.1, -0.05) is 34.5 Å². The molecule has 0 aliphatic carbocycles. The van der Waals surface area contributed by atoms with Crippen LogP contribution in [0.25, 0.3) is 0 Å². The Labute approximate surface area is 420 Å². The zero-order chi connectivity index (χ0) is 48.3. The van der Waals surface area contributed by atoms with Crippen LogP contribution in [0.15, 0.2) is 28.7 Å². The van der Waals surface area contributed by atoms with Gasteiger partial charge in [0.05, 0.1) is 24.5 Å². The number of hydrogen-bond acceptors (Lipinski definition) is 16. The summed E-state index contributed by atoms with van der Waals surface area (Å²) in [6.07, 6.45) is 1.55. The molecule has 0 bridgehead atoms. The number of nitrogens with zero attached hydrogens (tertiary/aromatic N) is 5. The number of aliphatic carboxylic acids is 6. The van der Waals surface area contributed by atoms with Crippen LogP contribution in [-0.4, -0.2) is 197 Å². The summed E-state index contributed by atoms with van der Waals surface area (Å²) in [6, 6.07) is 3.40. The molecule has 1 fully saturated rings. The number of halogens is 1. The van der Waals surface area contributed by atoms with E-state index in [4.69, 9.17) is 5.11 Å². The molecule has 2 atom stereocenters. The number of rotatable bonds is 28. The van der Waals surface area contributed by atoms with E-state index in [2.05, 4.69) is 31.9 Å². The maximum atomic E-state index is 13.5. The minimum Gasteiger partial charge on any atom is -0.549 e. The molecule has 1 aromatic rings. The van der Waals surface area contributed by atoms with Crippen LogP contribution in [-0.2, 0) is 44.9 Å². The Bertz CT molecular complexity index is 1720. The van der Waals surface area contributed by atoms with Crippen LogP contribution < -0.4 is 31.3 Å². The summed E-state index contributed by atoms with van der Waals surface area (Å²) in [7, 11) is 0. The topological polar surface area (TPSA) is 336 Å². The van der Waals surface area contributed by atoms with Gasteiger partial charge in [-0.3, -0.25) is 34.0 Å². The number of urea groups is 1. The third-order valence-electron chi connectivity index (χ3n) is 10.4. The van der Waals surface area contributed by atoms with Crippen LogP contribution >= 0.6 is 15.9 Å². The number of amides is 4. The van der Waals surface area contributed by atoms with Crippen molar-refractivity contribution in [2.45, 2.75) is 76.4 Å². The summed E-state index contributed by atoms with van der Waals surface area (Å²) in [4.78, 5) is 115. The summed E-state index contributed by atoms with van der Waals surface area (Å²) in [5, 5.41) is 69.2. The number of hydrogen-bond donors (Lipinski definition) is 6. The Kier molecular flexibility index (Phi) is 30.2. The molecule has 1 aliphatic heterocycles. The van der Waals surface area contributed by atoms with E-state index in [1.54, 1.807) is 19.6 Å². The number of benzene rings is 1. The average molecular weight is 1160 g/mol. The molecule has 4 amide bonds. The maximum Gasteiger partial charge on any atom is 3.00 e. The Morgan fingerprint density at radius 2 is 1.06 bits per heavy atom. The van der Waals surface area contributed by atoms with Gasteiger partial charge in [0, 0.05) is 109 Å². The van der Waals surface area contributed by atoms with Gasteiger partial charge in [0.25, 0.3) is 0 Å². The summed E-state index contributed by atoms with van der Waals surface area (Å²) in [5.41, 5.74) is 0.859. The average Bonchev–Trinajstić information content (AvgIpc) is 3.22. The van der Waals surface area contributed by atoms with Crippen molar-refractivity contribution in [3.05, 3.63) is 34.3 Å². The Hall–Kier alpha value is -4.20. The molecular weight excluding hydrogens is 1100 g/mol. The Balaban J connectivity index is 0.0000218. The van der Waals surface area contributed by atoms with Gasteiger partial charge in [-0.25, -0.2) is 14.4 Å². The van der Waals surface area contributed by atoms with E-state index in [1.807, 2.05) is 24.3 Å². The molecule has 0 aromatic heterocycles. The molecule has 1 aromatic carbocycles. The molecule has 1 heterocycles. The molecular formula is C41H60BrLuN8O15. The monoisotopic (exact) mass is 1160 g/mol. The number of nitrogens with one attached hydrogen (secondary N) is 3. The predicted octanol–water partition coefficient (Wildman–Crippen LogP) is -3.83. The van der Waals surface area contributed by atoms with Gasteiger partial charge >= 0.3 is 60.8 Å². The zero-order valence-electron chi connectivity index (χ0n) is 36.5. The normalized spacial score (nSPS) is 15.3. The smallest absolute Gasteiger partial charge is 0.549 e. The van der Waals surface area contributed by atoms with Crippen LogP contribution in [0.2, 0.25) is 0 Å². The first-order valence-electron chi connectivity index (χ1n) is 21.3. The van der Waals surface area contributed by atoms with E-state index in [0.29, 0.717) is 32.2 Å². The van der Waals surface area contributed by atoms with E-state index >= 15 is 0 Å². The van der Waals surface area contributed by atoms with Crippen molar-refractivity contribution in [1.82, 2.24) is 40.4 Å². The van der Waals surface area contributed by atoms with Crippen molar-refractivity contribution < 1.29 is 111 Å². The van der Waals surface area contributed by atoms with Crippen LogP contribution in [0, 0.1) is 36.9 Å². The maximum absolute atomic E-state index is 13.5. The van der Waals surface area contributed by atoms with Crippen LogP contribution in [0.4, 0.5) is 4.79 Å². The minimum absolute atomic E-state index is 0. The molecule has 6 N–H and O–H groups in total. The van der Waals surface area contributed by atoms with Crippen molar-refractivity contribution in [3.8, 4) is 0 Å². The first-order chi connectivity index (χ1) is 30.8. The number of carboxylic acids is 6. The van der Waals surface area contributed by atoms with E-state index in [-0.39, 0.29) is 140 Å². The van der Waals surface area contributed by atoms with Gasteiger partial charge in [0.2, 0.25) is 11.8 Å². The van der Waals surface area contributed by atoms with Gasteiger partial charge in [-0.05, 0) is 56.2 Å². The molecule has 0 spiro atoms. The first-order valence-corrected chi connectivity index (χ1v) is 22.1. The van der Waals surface area contributed by atoms with Crippen LogP contribution in [0.3, 0.4) is 0 Å². The summed E-state index contributed by atoms with van der Waals surface area (Å²) in [5.74, 6) is -8.51. The molecule has 0 unspecified atom stereocenters. The fourth-order valence-corrected chi connectivity index (χ4v) is 7.14. The van der Waals surface area contributed by atoms with Crippen molar-refractivity contribution in [2.24, 2.45) is 0 Å². The predicted molar refractivity (Wildman–Crippen MR) is 227 cm³/mol. The van der Waals surface area contributed by atoms with E-state index in [1.165, 1.54) is 4.90 Å². The fraction of sp³-hybridized carbons (Fsp3) is 0.634. The van der Waals surface area contributed by atoms with Gasteiger partial charge in [0.15, 0.2) is 0 Å². The molecule has 1 aliphatic rings. The minimum atomic E-state index is -1.54. The third kappa shape index (κ3) is 27.4. The van der Waals surface area contributed by atoms with Crippen LogP contribution in [0.5, 0.6) is 0 Å². The number of carboxylic acid groups (broad SMARTS) is 6. The van der Waals surface area contributed by atoms with Crippen molar-refractivity contribution in [3.63, 3.8) is 0 Å². The molecule has 66 heavy (non-hydrogen) atoms. The van der Waals surface area contributed by atoms with Gasteiger partial charge in [0.1, 0.15) is 12.1 Å². The van der Waals surface area contributed by atoms with E-state index in [0.717, 1.165) is 10.0 Å². The van der Waals surface area contributed by atoms with Crippen molar-refractivity contribution in [1.29, 1.82) is 0 Å². The molecule has 0 radical (unpaired) electrons. The number of unbranched alkanes of at least 4 members (excludes halogenated alkanes) is 3. The quantitative estimate of drug-likeness (QED) is 0.0438. The zero-order valence-corrected chi connectivity index (χ0v) is 39.8. The van der Waals surface area contributed by atoms with Gasteiger partial charge < -0.3 is 65.9 Å². The second-order valence-corrected chi connectivity index (χ2v) is 16.6. The van der Waals surface area contributed by atoms with Gasteiger partial charge in [-0.2, -0.15) is 0 Å². The van der Waals surface area contributed by atoms with Gasteiger partial charge in [-0.15, -0.1) is 0 Å². The SMILES string of the molecule is O=C([O-])CN1CCN(CC(=O)[O-])CCN(CC(=O)NCCCCCC(=O)N(CCCC[C@H](NC(=O)N[C@@H](CCC(=O)O)C(=O)O)C(=O)O)Cc2ccc(Br)cc2)CCN(CC(=O)[O-])CC1.[177Lu+3]. The molecule has 376 valence electrons. The van der Waals surface area contributed by atoms with E-state index < -0.39 is 86.4 Å². The summed E-state index contributed by atoms with van der Waals surface area (Å²) >= 11 is 3.39. The first kappa shape index (κ1) is 59.8. The molecule has 25 heteroatoms. The largest absolute Gasteiger partial charge is 3.00 e. The van der Waals surface area contributed by atoms with E-state index in [9.17, 15) is 68.7 Å². The standard InChI is InChI=1S/C41H63BrN8O15.Lu/c42-30-10-8-29(9-11-30)24-50(15-5-3-6-31(39(61)62)44-41(65)45-32(40(63)64)12-13-35(53)54)34(52)7-2-1-4-14-43-33(51)25-46-16-18-47(26-36(55)56)20-22-49(28-38(59)60)23-21-48(19-17-46)27-37(57)58;/h8-11,31-32H,1-7,12-28H2,(H,43,51)(H,53,54)(H,55,56)(H,57,58)(H,59,60)(H,61,62)(H,63,64)(H2,44,45,65);/q;+3/p-3/t31-,32-;/m0./s1/i;1+2. The Morgan fingerprint density at radius 3 is 1.50 bits per heavy atom. The molecule has 1 saturated heterocycles. The number of carbonyl (C=O) groups is 9. The molecule has 0 saturated carbocycles. The Morgan fingerprint density at radius 1 is 0.606 bits per heavy atom. The molecule has 2 rings (SSSR count). The number of carbonyl (C=O) groups excluding carboxylic acids is 6. The molecule has 23 nitrogen and oxygen atoms in total. The second kappa shape index (κ2) is 33.3. The second-order valence-electron chi connectivity index (χ2n) is 15.7. The third-order valence-corrected chi connectivity index (χ3v) is 10.9. The fourth-order valence-electron chi connectivity index (χ4n) is 6.88. The van der Waals surface area contributed by atoms with Crippen molar-refractivity contribution in [2.75, 3.05) is 91.6 Å². The summed E-state index contributed by atoms with van der Waals surface area (Å²) < 4.78 is 0.851. The van der Waals surface area contributed by atoms with Crippen LogP contribution in [0.1, 0.15) is 63.4 Å². The summed E-state index contributed by atoms with van der Waals surface area (Å²) in [6.45, 7) is 1.19.